The van der Waals surface area contributed by atoms with Crippen molar-refractivity contribution in [2.45, 2.75) is 31.7 Å². The second-order valence-corrected chi connectivity index (χ2v) is 7.07. The summed E-state index contributed by atoms with van der Waals surface area (Å²) >= 11 is 0. The van der Waals surface area contributed by atoms with Gasteiger partial charge in [0, 0.05) is 44.2 Å². The fourth-order valence-corrected chi connectivity index (χ4v) is 3.81. The minimum absolute atomic E-state index is 0.00954. The summed E-state index contributed by atoms with van der Waals surface area (Å²) in [6.45, 7) is 3.50. The van der Waals surface area contributed by atoms with Gasteiger partial charge in [-0.25, -0.2) is 9.67 Å². The third-order valence-electron chi connectivity index (χ3n) is 5.39. The highest BCUT2D eigenvalue weighted by Crippen LogP contribution is 2.25. The maximum Gasteiger partial charge on any atom is 0.254 e. The van der Waals surface area contributed by atoms with E-state index in [0.29, 0.717) is 43.1 Å². The first kappa shape index (κ1) is 16.4. The molecule has 4 heterocycles. The van der Waals surface area contributed by atoms with Gasteiger partial charge in [-0.15, -0.1) is 0 Å². The van der Waals surface area contributed by atoms with E-state index in [4.69, 9.17) is 14.8 Å². The zero-order valence-electron chi connectivity index (χ0n) is 15.0. The van der Waals surface area contributed by atoms with Gasteiger partial charge >= 0.3 is 0 Å². The molecule has 2 aromatic heterocycles. The average molecular weight is 367 g/mol. The van der Waals surface area contributed by atoms with Crippen LogP contribution >= 0.6 is 0 Å². The van der Waals surface area contributed by atoms with Crippen LogP contribution in [0.25, 0.3) is 11.0 Å². The molecule has 5 rings (SSSR count). The topological polar surface area (TPSA) is 102 Å². The van der Waals surface area contributed by atoms with Gasteiger partial charge in [-0.3, -0.25) is 4.79 Å². The summed E-state index contributed by atoms with van der Waals surface area (Å²) in [5.74, 6) is 2.31. The van der Waals surface area contributed by atoms with E-state index in [2.05, 4.69) is 15.4 Å². The summed E-state index contributed by atoms with van der Waals surface area (Å²) in [7, 11) is 0. The van der Waals surface area contributed by atoms with Gasteiger partial charge in [0.2, 0.25) is 0 Å². The van der Waals surface area contributed by atoms with Gasteiger partial charge in [-0.1, -0.05) is 0 Å². The molecule has 0 atom stereocenters. The number of carbonyl (C=O) groups is 1. The van der Waals surface area contributed by atoms with Crippen molar-refractivity contribution in [2.75, 3.05) is 26.3 Å². The predicted molar refractivity (Wildman–Crippen MR) is 96.3 cm³/mol. The Morgan fingerprint density at radius 2 is 1.96 bits per heavy atom. The van der Waals surface area contributed by atoms with Crippen LogP contribution in [0.4, 0.5) is 0 Å². The number of H-pyrrole nitrogens is 1. The summed E-state index contributed by atoms with van der Waals surface area (Å²) < 4.78 is 7.40. The highest BCUT2D eigenvalue weighted by molar-refractivity contribution is 5.97. The van der Waals surface area contributed by atoms with Crippen molar-refractivity contribution in [2.24, 2.45) is 0 Å². The van der Waals surface area contributed by atoms with E-state index in [1.165, 1.54) is 0 Å². The molecule has 0 aliphatic carbocycles. The molecule has 3 aromatic rings. The van der Waals surface area contributed by atoms with Crippen LogP contribution < -0.4 is 0 Å². The predicted octanol–water partition coefficient (Wildman–Crippen LogP) is 1.14. The van der Waals surface area contributed by atoms with Gasteiger partial charge in [-0.05, 0) is 31.0 Å². The zero-order chi connectivity index (χ0) is 18.2. The third kappa shape index (κ3) is 3.08. The summed E-state index contributed by atoms with van der Waals surface area (Å²) in [5, 5.41) is 15.4. The number of fused-ring (bicyclic) bond motifs is 2. The van der Waals surface area contributed by atoms with Gasteiger partial charge in [0.15, 0.2) is 5.82 Å². The molecule has 9 heteroatoms. The van der Waals surface area contributed by atoms with Crippen molar-refractivity contribution in [1.29, 1.82) is 0 Å². The first-order valence-electron chi connectivity index (χ1n) is 9.39. The maximum atomic E-state index is 12.9. The minimum atomic E-state index is 0.00954. The van der Waals surface area contributed by atoms with Crippen molar-refractivity contribution >= 4 is 16.9 Å². The molecule has 0 radical (unpaired) electrons. The SMILES string of the molecule is O=C(c1ccc2n[nH]nc2c1)N1CCc2nc(C3CCOCC3)nn2CC1. The van der Waals surface area contributed by atoms with E-state index in [1.54, 1.807) is 12.1 Å². The van der Waals surface area contributed by atoms with E-state index in [-0.39, 0.29) is 5.91 Å². The first-order chi connectivity index (χ1) is 13.3. The van der Waals surface area contributed by atoms with Crippen LogP contribution in [0.15, 0.2) is 18.2 Å². The van der Waals surface area contributed by atoms with Crippen LogP contribution in [0.3, 0.4) is 0 Å². The Bertz CT molecular complexity index is 948. The normalized spacial score (nSPS) is 18.4. The summed E-state index contributed by atoms with van der Waals surface area (Å²) in [6.07, 6.45) is 2.69. The Hall–Kier alpha value is -2.81. The zero-order valence-corrected chi connectivity index (χ0v) is 15.0. The molecule has 2 aliphatic heterocycles. The number of rotatable bonds is 2. The Morgan fingerprint density at radius 1 is 1.11 bits per heavy atom. The lowest BCUT2D eigenvalue weighted by molar-refractivity contribution is 0.0756. The van der Waals surface area contributed by atoms with E-state index in [0.717, 1.165) is 43.2 Å². The molecule has 1 fully saturated rings. The van der Waals surface area contributed by atoms with Crippen LogP contribution in [0.1, 0.15) is 40.8 Å². The number of benzene rings is 1. The summed E-state index contributed by atoms with van der Waals surface area (Å²) in [6, 6.07) is 5.40. The van der Waals surface area contributed by atoms with Gasteiger partial charge in [0.25, 0.3) is 5.91 Å². The van der Waals surface area contributed by atoms with Gasteiger partial charge in [0.1, 0.15) is 16.9 Å². The molecule has 1 aromatic carbocycles. The lowest BCUT2D eigenvalue weighted by Crippen LogP contribution is -2.33. The van der Waals surface area contributed by atoms with Crippen molar-refractivity contribution in [1.82, 2.24) is 35.1 Å². The lowest BCUT2D eigenvalue weighted by atomic mass is 10.00. The maximum absolute atomic E-state index is 12.9. The molecule has 1 amide bonds. The molecule has 1 N–H and O–H groups in total. The molecule has 0 spiro atoms. The molecule has 9 nitrogen and oxygen atoms in total. The van der Waals surface area contributed by atoms with Crippen LogP contribution in [0.5, 0.6) is 0 Å². The number of nitrogens with zero attached hydrogens (tertiary/aromatic N) is 6. The van der Waals surface area contributed by atoms with Crippen molar-refractivity contribution < 1.29 is 9.53 Å². The molecule has 140 valence electrons. The number of nitrogens with one attached hydrogen (secondary N) is 1. The van der Waals surface area contributed by atoms with Crippen LogP contribution in [0, 0.1) is 0 Å². The Labute approximate surface area is 155 Å². The Kier molecular flexibility index (Phi) is 4.08. The molecule has 0 saturated carbocycles. The molecule has 0 bridgehead atoms. The van der Waals surface area contributed by atoms with Gasteiger partial charge in [0.05, 0.1) is 6.54 Å². The van der Waals surface area contributed by atoms with E-state index in [9.17, 15) is 4.79 Å². The Balaban J connectivity index is 1.30. The van der Waals surface area contributed by atoms with Gasteiger partial charge in [-0.2, -0.15) is 20.5 Å². The quantitative estimate of drug-likeness (QED) is 0.729. The standard InChI is InChI=1S/C18H21N7O2/c26-18(13-1-2-14-15(11-13)21-23-20-14)24-6-3-16-19-17(22-25(16)8-7-24)12-4-9-27-10-5-12/h1-2,11-12H,3-10H2,(H,20,21,23). The highest BCUT2D eigenvalue weighted by atomic mass is 16.5. The number of ether oxygens (including phenoxy) is 1. The van der Waals surface area contributed by atoms with Crippen LogP contribution in [0.2, 0.25) is 0 Å². The largest absolute Gasteiger partial charge is 0.381 e. The fraction of sp³-hybridized carbons (Fsp3) is 0.500. The molecule has 1 saturated heterocycles. The second kappa shape index (κ2) is 6.73. The summed E-state index contributed by atoms with van der Waals surface area (Å²) in [4.78, 5) is 19.5. The fourth-order valence-electron chi connectivity index (χ4n) is 3.81. The monoisotopic (exact) mass is 367 g/mol. The molecular formula is C18H21N7O2. The number of carbonyl (C=O) groups excluding carboxylic acids is 1. The number of amides is 1. The molecule has 0 unspecified atom stereocenters. The Morgan fingerprint density at radius 3 is 2.85 bits per heavy atom. The van der Waals surface area contributed by atoms with E-state index >= 15 is 0 Å². The van der Waals surface area contributed by atoms with Crippen LogP contribution in [-0.2, 0) is 17.7 Å². The minimum Gasteiger partial charge on any atom is -0.381 e. The lowest BCUT2D eigenvalue weighted by Gasteiger charge is -2.20. The second-order valence-electron chi connectivity index (χ2n) is 7.07. The van der Waals surface area contributed by atoms with Crippen molar-refractivity contribution in [3.05, 3.63) is 35.4 Å². The number of aromatic amines is 1. The number of aromatic nitrogens is 6. The molecule has 2 aliphatic rings. The number of hydrogen-bond acceptors (Lipinski definition) is 6. The van der Waals surface area contributed by atoms with E-state index in [1.807, 2.05) is 15.6 Å². The smallest absolute Gasteiger partial charge is 0.254 e. The van der Waals surface area contributed by atoms with Crippen LogP contribution in [-0.4, -0.2) is 67.3 Å². The van der Waals surface area contributed by atoms with Crippen molar-refractivity contribution in [3.8, 4) is 0 Å². The molecule has 27 heavy (non-hydrogen) atoms. The third-order valence-corrected chi connectivity index (χ3v) is 5.39. The summed E-state index contributed by atoms with van der Waals surface area (Å²) in [5.41, 5.74) is 2.09. The number of hydrogen-bond donors (Lipinski definition) is 1. The van der Waals surface area contributed by atoms with Gasteiger partial charge < -0.3 is 9.64 Å². The molecular weight excluding hydrogens is 346 g/mol. The van der Waals surface area contributed by atoms with E-state index < -0.39 is 0 Å². The highest BCUT2D eigenvalue weighted by Gasteiger charge is 2.25. The first-order valence-corrected chi connectivity index (χ1v) is 9.39. The average Bonchev–Trinajstić information content (AvgIpc) is 3.30. The van der Waals surface area contributed by atoms with Crippen molar-refractivity contribution in [3.63, 3.8) is 0 Å².